The third-order valence-electron chi connectivity index (χ3n) is 3.22. The maximum atomic E-state index is 5.67. The molecule has 0 radical (unpaired) electrons. The number of imidazole rings is 1. The van der Waals surface area contributed by atoms with Crippen LogP contribution in [0, 0.1) is 5.92 Å². The molecule has 2 heterocycles. The van der Waals surface area contributed by atoms with Crippen molar-refractivity contribution in [1.29, 1.82) is 0 Å². The van der Waals surface area contributed by atoms with E-state index in [9.17, 15) is 0 Å². The van der Waals surface area contributed by atoms with Gasteiger partial charge in [-0.25, -0.2) is 14.6 Å². The summed E-state index contributed by atoms with van der Waals surface area (Å²) in [5.41, 5.74) is 1.28. The van der Waals surface area contributed by atoms with Crippen LogP contribution in [0.3, 0.4) is 0 Å². The molecule has 17 heavy (non-hydrogen) atoms. The molecule has 0 aromatic carbocycles. The van der Waals surface area contributed by atoms with Gasteiger partial charge in [-0.05, 0) is 18.8 Å². The van der Waals surface area contributed by atoms with Gasteiger partial charge in [-0.3, -0.25) is 0 Å². The normalized spacial score (nSPS) is 16.7. The van der Waals surface area contributed by atoms with Crippen LogP contribution in [0.5, 0.6) is 6.01 Å². The summed E-state index contributed by atoms with van der Waals surface area (Å²) in [6, 6.07) is 0.386. The van der Waals surface area contributed by atoms with Crippen LogP contribution in [0.2, 0.25) is 0 Å². The van der Waals surface area contributed by atoms with Crippen LogP contribution in [-0.2, 0) is 0 Å². The van der Waals surface area contributed by atoms with Crippen molar-refractivity contribution in [2.75, 3.05) is 12.4 Å². The molecule has 1 saturated carbocycles. The van der Waals surface area contributed by atoms with E-state index in [4.69, 9.17) is 10.6 Å². The van der Waals surface area contributed by atoms with Crippen LogP contribution in [-0.4, -0.2) is 26.2 Å². The zero-order valence-corrected chi connectivity index (χ0v) is 9.54. The van der Waals surface area contributed by atoms with Crippen LogP contribution in [0.4, 0.5) is 0 Å². The average Bonchev–Trinajstić information content (AvgIpc) is 2.97. The van der Waals surface area contributed by atoms with E-state index < -0.39 is 0 Å². The fraction of sp³-hybridized carbons (Fsp3) is 0.545. The van der Waals surface area contributed by atoms with Crippen molar-refractivity contribution in [3.63, 3.8) is 0 Å². The lowest BCUT2D eigenvalue weighted by atomic mass is 10.1. The predicted molar refractivity (Wildman–Crippen MR) is 62.9 cm³/mol. The first-order valence-corrected chi connectivity index (χ1v) is 5.91. The van der Waals surface area contributed by atoms with E-state index >= 15 is 0 Å². The Morgan fingerprint density at radius 1 is 1.35 bits per heavy atom. The summed E-state index contributed by atoms with van der Waals surface area (Å²) in [6.45, 7) is 0.699. The minimum absolute atomic E-state index is 0.386. The molecule has 0 atom stereocenters. The standard InChI is InChI=1S/C11H15N5O/c12-16-7-14-9-5-13-11(15-10(9)16)17-6-8-3-1-2-4-8/h5,7-8H,1-4,6,12H2. The molecule has 0 spiro atoms. The Morgan fingerprint density at radius 2 is 2.18 bits per heavy atom. The number of ether oxygens (including phenoxy) is 1. The molecule has 2 aromatic rings. The molecule has 2 N–H and O–H groups in total. The van der Waals surface area contributed by atoms with Crippen molar-refractivity contribution in [2.24, 2.45) is 5.92 Å². The highest BCUT2D eigenvalue weighted by molar-refractivity contribution is 5.69. The fourth-order valence-electron chi connectivity index (χ4n) is 2.25. The van der Waals surface area contributed by atoms with Gasteiger partial charge in [-0.1, -0.05) is 12.8 Å². The van der Waals surface area contributed by atoms with Crippen LogP contribution < -0.4 is 10.6 Å². The first-order chi connectivity index (χ1) is 8.33. The van der Waals surface area contributed by atoms with Gasteiger partial charge in [0.2, 0.25) is 0 Å². The number of hydrogen-bond acceptors (Lipinski definition) is 5. The van der Waals surface area contributed by atoms with Gasteiger partial charge in [0.25, 0.3) is 0 Å². The van der Waals surface area contributed by atoms with E-state index in [1.165, 1.54) is 36.7 Å². The maximum Gasteiger partial charge on any atom is 0.318 e. The minimum atomic E-state index is 0.386. The molecule has 0 saturated heterocycles. The van der Waals surface area contributed by atoms with Crippen molar-refractivity contribution in [2.45, 2.75) is 25.7 Å². The van der Waals surface area contributed by atoms with E-state index in [-0.39, 0.29) is 0 Å². The fourth-order valence-corrected chi connectivity index (χ4v) is 2.25. The van der Waals surface area contributed by atoms with E-state index in [1.54, 1.807) is 6.20 Å². The third-order valence-corrected chi connectivity index (χ3v) is 3.22. The summed E-state index contributed by atoms with van der Waals surface area (Å²) in [7, 11) is 0. The van der Waals surface area contributed by atoms with Crippen molar-refractivity contribution < 1.29 is 4.74 Å². The molecule has 1 aliphatic carbocycles. The van der Waals surface area contributed by atoms with Gasteiger partial charge >= 0.3 is 6.01 Å². The molecule has 90 valence electrons. The van der Waals surface area contributed by atoms with Gasteiger partial charge < -0.3 is 10.6 Å². The lowest BCUT2D eigenvalue weighted by Gasteiger charge is -2.09. The lowest BCUT2D eigenvalue weighted by Crippen LogP contribution is -2.11. The summed E-state index contributed by atoms with van der Waals surface area (Å²) in [6.07, 6.45) is 8.26. The summed E-state index contributed by atoms with van der Waals surface area (Å²) in [5.74, 6) is 6.32. The molecule has 0 aliphatic heterocycles. The number of fused-ring (bicyclic) bond motifs is 1. The average molecular weight is 233 g/mol. The zero-order chi connectivity index (χ0) is 11.7. The number of nitrogens with zero attached hydrogens (tertiary/aromatic N) is 4. The van der Waals surface area contributed by atoms with Gasteiger partial charge in [0.15, 0.2) is 5.65 Å². The molecular formula is C11H15N5O. The summed E-state index contributed by atoms with van der Waals surface area (Å²) < 4.78 is 6.98. The monoisotopic (exact) mass is 233 g/mol. The molecule has 0 unspecified atom stereocenters. The van der Waals surface area contributed by atoms with Gasteiger partial charge in [0, 0.05) is 0 Å². The summed E-state index contributed by atoms with van der Waals surface area (Å²) >= 11 is 0. The molecule has 1 fully saturated rings. The number of nitrogens with two attached hydrogens (primary N) is 1. The summed E-state index contributed by atoms with van der Waals surface area (Å²) in [5, 5.41) is 0. The van der Waals surface area contributed by atoms with Crippen LogP contribution in [0.1, 0.15) is 25.7 Å². The predicted octanol–water partition coefficient (Wildman–Crippen LogP) is 1.11. The molecular weight excluding hydrogens is 218 g/mol. The first kappa shape index (κ1) is 10.3. The maximum absolute atomic E-state index is 5.67. The Morgan fingerprint density at radius 3 is 3.00 bits per heavy atom. The molecule has 3 rings (SSSR count). The SMILES string of the molecule is Nn1cnc2cnc(OCC3CCCC3)nc21. The quantitative estimate of drug-likeness (QED) is 0.803. The Labute approximate surface area is 98.8 Å². The Bertz CT molecular complexity index is 518. The largest absolute Gasteiger partial charge is 0.463 e. The minimum Gasteiger partial charge on any atom is -0.463 e. The van der Waals surface area contributed by atoms with Gasteiger partial charge in [-0.2, -0.15) is 4.98 Å². The first-order valence-electron chi connectivity index (χ1n) is 5.91. The van der Waals surface area contributed by atoms with E-state index in [0.717, 1.165) is 0 Å². The molecule has 0 amide bonds. The Hall–Kier alpha value is -1.85. The number of nitrogen functional groups attached to an aromatic ring is 1. The topological polar surface area (TPSA) is 78.9 Å². The van der Waals surface area contributed by atoms with Crippen LogP contribution >= 0.6 is 0 Å². The highest BCUT2D eigenvalue weighted by Crippen LogP contribution is 2.25. The second-order valence-electron chi connectivity index (χ2n) is 4.47. The molecule has 6 heteroatoms. The summed E-state index contributed by atoms with van der Waals surface area (Å²) in [4.78, 5) is 12.4. The zero-order valence-electron chi connectivity index (χ0n) is 9.54. The van der Waals surface area contributed by atoms with E-state index in [2.05, 4.69) is 15.0 Å². The van der Waals surface area contributed by atoms with Gasteiger partial charge in [-0.15, -0.1) is 0 Å². The van der Waals surface area contributed by atoms with Gasteiger partial charge in [0.1, 0.15) is 11.8 Å². The number of hydrogen-bond donors (Lipinski definition) is 1. The van der Waals surface area contributed by atoms with Crippen molar-refractivity contribution in [3.05, 3.63) is 12.5 Å². The van der Waals surface area contributed by atoms with E-state index in [1.807, 2.05) is 0 Å². The van der Waals surface area contributed by atoms with E-state index in [0.29, 0.717) is 29.7 Å². The number of rotatable bonds is 3. The molecule has 6 nitrogen and oxygen atoms in total. The molecule has 1 aliphatic rings. The highest BCUT2D eigenvalue weighted by atomic mass is 16.5. The van der Waals surface area contributed by atoms with Crippen molar-refractivity contribution >= 4 is 11.2 Å². The Balaban J connectivity index is 1.73. The van der Waals surface area contributed by atoms with Gasteiger partial charge in [0.05, 0.1) is 12.8 Å². The second-order valence-corrected chi connectivity index (χ2v) is 4.47. The Kier molecular flexibility index (Phi) is 2.55. The third kappa shape index (κ3) is 2.02. The van der Waals surface area contributed by atoms with Crippen LogP contribution in [0.25, 0.3) is 11.2 Å². The lowest BCUT2D eigenvalue weighted by molar-refractivity contribution is 0.235. The van der Waals surface area contributed by atoms with Crippen molar-refractivity contribution in [1.82, 2.24) is 19.6 Å². The molecule has 0 bridgehead atoms. The molecule has 2 aromatic heterocycles. The van der Waals surface area contributed by atoms with Crippen LogP contribution in [0.15, 0.2) is 12.5 Å². The second kappa shape index (κ2) is 4.20. The van der Waals surface area contributed by atoms with Crippen molar-refractivity contribution in [3.8, 4) is 6.01 Å². The number of aromatic nitrogens is 4. The highest BCUT2D eigenvalue weighted by Gasteiger charge is 2.16. The smallest absolute Gasteiger partial charge is 0.318 e.